The second kappa shape index (κ2) is 6.19. The van der Waals surface area contributed by atoms with Gasteiger partial charge in [0.25, 0.3) is 0 Å². The van der Waals surface area contributed by atoms with E-state index < -0.39 is 0 Å². The number of nitrogens with zero attached hydrogens (tertiary/aromatic N) is 2. The minimum absolute atomic E-state index is 0.194. The number of furan rings is 1. The molecule has 0 bridgehead atoms. The van der Waals surface area contributed by atoms with Crippen LogP contribution in [0.25, 0.3) is 0 Å². The number of likely N-dealkylation sites (N-methyl/N-ethyl adjacent to an activating group) is 1. The number of nitrogens with two attached hydrogens (primary N) is 1. The fraction of sp³-hybridized carbons (Fsp3) is 0.692. The van der Waals surface area contributed by atoms with Gasteiger partial charge in [0.1, 0.15) is 5.76 Å². The van der Waals surface area contributed by atoms with E-state index in [-0.39, 0.29) is 6.04 Å². The summed E-state index contributed by atoms with van der Waals surface area (Å²) in [5.74, 6) is 0.962. The maximum absolute atomic E-state index is 5.94. The van der Waals surface area contributed by atoms with Gasteiger partial charge in [-0.3, -0.25) is 4.90 Å². The molecule has 1 saturated heterocycles. The standard InChI is InChI=1S/C13H22BrN3O/c1-16(2)10-4-3-7-17(9-10)11(8-15)12-5-6-13(14)18-12/h5-6,10-11H,3-4,7-9,15H2,1-2H3. The SMILES string of the molecule is CN(C)C1CCCN(C(CN)c2ccc(Br)o2)C1. The number of rotatable bonds is 4. The van der Waals surface area contributed by atoms with Gasteiger partial charge in [-0.25, -0.2) is 0 Å². The van der Waals surface area contributed by atoms with Crippen molar-refractivity contribution in [3.05, 3.63) is 22.6 Å². The molecule has 2 N–H and O–H groups in total. The topological polar surface area (TPSA) is 45.6 Å². The van der Waals surface area contributed by atoms with Crippen molar-refractivity contribution in [2.24, 2.45) is 5.73 Å². The summed E-state index contributed by atoms with van der Waals surface area (Å²) in [5.41, 5.74) is 5.94. The fourth-order valence-electron chi connectivity index (χ4n) is 2.64. The van der Waals surface area contributed by atoms with Crippen LogP contribution in [-0.4, -0.2) is 49.6 Å². The molecule has 102 valence electrons. The average Bonchev–Trinajstić information content (AvgIpc) is 2.77. The predicted molar refractivity (Wildman–Crippen MR) is 76.5 cm³/mol. The third kappa shape index (κ3) is 3.15. The van der Waals surface area contributed by atoms with E-state index in [1.807, 2.05) is 12.1 Å². The highest BCUT2D eigenvalue weighted by molar-refractivity contribution is 9.10. The Balaban J connectivity index is 2.08. The first kappa shape index (κ1) is 14.1. The van der Waals surface area contributed by atoms with Gasteiger partial charge in [-0.05, 0) is 61.5 Å². The lowest BCUT2D eigenvalue weighted by atomic mass is 10.0. The first-order chi connectivity index (χ1) is 8.61. The molecule has 2 heterocycles. The molecule has 0 radical (unpaired) electrons. The fourth-order valence-corrected chi connectivity index (χ4v) is 2.96. The number of halogens is 1. The molecule has 1 aromatic heterocycles. The van der Waals surface area contributed by atoms with Crippen LogP contribution in [0.2, 0.25) is 0 Å². The maximum atomic E-state index is 5.94. The first-order valence-corrected chi connectivity index (χ1v) is 7.27. The van der Waals surface area contributed by atoms with Crippen LogP contribution in [-0.2, 0) is 0 Å². The molecule has 0 spiro atoms. The molecule has 1 aliphatic heterocycles. The first-order valence-electron chi connectivity index (χ1n) is 6.47. The second-order valence-corrected chi connectivity index (χ2v) is 5.93. The Morgan fingerprint density at radius 2 is 2.33 bits per heavy atom. The molecule has 2 rings (SSSR count). The van der Waals surface area contributed by atoms with Crippen molar-refractivity contribution in [1.82, 2.24) is 9.80 Å². The van der Waals surface area contributed by atoms with Crippen LogP contribution in [0.4, 0.5) is 0 Å². The molecule has 4 nitrogen and oxygen atoms in total. The highest BCUT2D eigenvalue weighted by Crippen LogP contribution is 2.27. The van der Waals surface area contributed by atoms with Gasteiger partial charge in [0.2, 0.25) is 0 Å². The highest BCUT2D eigenvalue weighted by atomic mass is 79.9. The number of hydrogen-bond acceptors (Lipinski definition) is 4. The molecule has 1 fully saturated rings. The van der Waals surface area contributed by atoms with Crippen LogP contribution in [0.3, 0.4) is 0 Å². The summed E-state index contributed by atoms with van der Waals surface area (Å²) in [5, 5.41) is 0. The zero-order chi connectivity index (χ0) is 13.1. The number of likely N-dealkylation sites (tertiary alicyclic amines) is 1. The van der Waals surface area contributed by atoms with Gasteiger partial charge in [-0.2, -0.15) is 0 Å². The summed E-state index contributed by atoms with van der Waals surface area (Å²) >= 11 is 3.35. The van der Waals surface area contributed by atoms with Gasteiger partial charge in [-0.15, -0.1) is 0 Å². The zero-order valence-electron chi connectivity index (χ0n) is 11.1. The molecule has 0 aliphatic carbocycles. The number of hydrogen-bond donors (Lipinski definition) is 1. The van der Waals surface area contributed by atoms with E-state index in [4.69, 9.17) is 10.2 Å². The Hall–Kier alpha value is -0.360. The maximum Gasteiger partial charge on any atom is 0.169 e. The lowest BCUT2D eigenvalue weighted by molar-refractivity contribution is 0.0888. The molecule has 0 saturated carbocycles. The third-order valence-corrected chi connectivity index (χ3v) is 4.17. The molecule has 1 aliphatic rings. The summed E-state index contributed by atoms with van der Waals surface area (Å²) < 4.78 is 6.44. The smallest absolute Gasteiger partial charge is 0.169 e. The summed E-state index contributed by atoms with van der Waals surface area (Å²) in [4.78, 5) is 4.75. The van der Waals surface area contributed by atoms with Crippen molar-refractivity contribution in [3.63, 3.8) is 0 Å². The lowest BCUT2D eigenvalue weighted by Crippen LogP contribution is -2.47. The minimum Gasteiger partial charge on any atom is -0.453 e. The molecule has 2 atom stereocenters. The zero-order valence-corrected chi connectivity index (χ0v) is 12.7. The van der Waals surface area contributed by atoms with Gasteiger partial charge in [0, 0.05) is 19.1 Å². The molecule has 5 heteroatoms. The van der Waals surface area contributed by atoms with E-state index in [1.165, 1.54) is 12.8 Å². The van der Waals surface area contributed by atoms with E-state index in [0.29, 0.717) is 12.6 Å². The van der Waals surface area contributed by atoms with Crippen molar-refractivity contribution >= 4 is 15.9 Å². The van der Waals surface area contributed by atoms with Gasteiger partial charge in [-0.1, -0.05) is 0 Å². The second-order valence-electron chi connectivity index (χ2n) is 5.15. The van der Waals surface area contributed by atoms with Gasteiger partial charge in [0.05, 0.1) is 6.04 Å². The molecule has 1 aromatic rings. The predicted octanol–water partition coefficient (Wildman–Crippen LogP) is 2.07. The van der Waals surface area contributed by atoms with Crippen LogP contribution in [0.1, 0.15) is 24.6 Å². The quantitative estimate of drug-likeness (QED) is 0.924. The Morgan fingerprint density at radius 3 is 2.89 bits per heavy atom. The lowest BCUT2D eigenvalue weighted by Gasteiger charge is -2.39. The van der Waals surface area contributed by atoms with Crippen molar-refractivity contribution in [1.29, 1.82) is 0 Å². The van der Waals surface area contributed by atoms with Gasteiger partial charge in [0.15, 0.2) is 4.67 Å². The van der Waals surface area contributed by atoms with Crippen molar-refractivity contribution < 1.29 is 4.42 Å². The van der Waals surface area contributed by atoms with E-state index in [2.05, 4.69) is 39.8 Å². The normalized spacial score (nSPS) is 23.5. The number of piperidine rings is 1. The highest BCUT2D eigenvalue weighted by Gasteiger charge is 2.28. The van der Waals surface area contributed by atoms with Crippen molar-refractivity contribution in [2.45, 2.75) is 24.9 Å². The Labute approximate surface area is 117 Å². The van der Waals surface area contributed by atoms with Crippen LogP contribution in [0, 0.1) is 0 Å². The van der Waals surface area contributed by atoms with Crippen molar-refractivity contribution in [2.75, 3.05) is 33.7 Å². The Morgan fingerprint density at radius 1 is 1.56 bits per heavy atom. The third-order valence-electron chi connectivity index (χ3n) is 3.74. The molecule has 0 aromatic carbocycles. The van der Waals surface area contributed by atoms with Gasteiger partial charge < -0.3 is 15.1 Å². The molecule has 0 amide bonds. The average molecular weight is 316 g/mol. The Bertz CT molecular complexity index is 380. The van der Waals surface area contributed by atoms with E-state index in [9.17, 15) is 0 Å². The van der Waals surface area contributed by atoms with Crippen molar-refractivity contribution in [3.8, 4) is 0 Å². The Kier molecular flexibility index (Phi) is 4.84. The minimum atomic E-state index is 0.194. The van der Waals surface area contributed by atoms with E-state index in [1.54, 1.807) is 0 Å². The van der Waals surface area contributed by atoms with E-state index in [0.717, 1.165) is 23.5 Å². The summed E-state index contributed by atoms with van der Waals surface area (Å²) in [6.45, 7) is 2.76. The largest absolute Gasteiger partial charge is 0.453 e. The summed E-state index contributed by atoms with van der Waals surface area (Å²) in [6, 6.07) is 4.76. The summed E-state index contributed by atoms with van der Waals surface area (Å²) in [6.07, 6.45) is 2.49. The molecular formula is C13H22BrN3O. The molecular weight excluding hydrogens is 294 g/mol. The molecule has 2 unspecified atom stereocenters. The van der Waals surface area contributed by atoms with Gasteiger partial charge >= 0.3 is 0 Å². The summed E-state index contributed by atoms with van der Waals surface area (Å²) in [7, 11) is 4.30. The van der Waals surface area contributed by atoms with Crippen LogP contribution in [0.5, 0.6) is 0 Å². The molecule has 18 heavy (non-hydrogen) atoms. The van der Waals surface area contributed by atoms with Crippen LogP contribution >= 0.6 is 15.9 Å². The van der Waals surface area contributed by atoms with Crippen LogP contribution < -0.4 is 5.73 Å². The van der Waals surface area contributed by atoms with E-state index >= 15 is 0 Å². The van der Waals surface area contributed by atoms with Crippen LogP contribution in [0.15, 0.2) is 21.2 Å². The monoisotopic (exact) mass is 315 g/mol.